The summed E-state index contributed by atoms with van der Waals surface area (Å²) >= 11 is 0. The summed E-state index contributed by atoms with van der Waals surface area (Å²) in [6.07, 6.45) is 8.40. The van der Waals surface area contributed by atoms with Crippen molar-refractivity contribution in [1.82, 2.24) is 20.6 Å². The molecule has 0 unspecified atom stereocenters. The first kappa shape index (κ1) is 13.2. The van der Waals surface area contributed by atoms with Crippen molar-refractivity contribution < 1.29 is 4.79 Å². The Hall–Kier alpha value is -1.75. The van der Waals surface area contributed by atoms with E-state index in [1.807, 2.05) is 19.1 Å². The molecular weight excluding hydrogens is 252 g/mol. The zero-order chi connectivity index (χ0) is 13.9. The second kappa shape index (κ2) is 5.71. The summed E-state index contributed by atoms with van der Waals surface area (Å²) in [5, 5.41) is 5.99. The Balaban J connectivity index is 1.67. The number of carbonyl (C=O) groups excluding carboxylic acids is 1. The first-order chi connectivity index (χ1) is 9.74. The molecule has 1 amide bonds. The van der Waals surface area contributed by atoms with Gasteiger partial charge >= 0.3 is 0 Å². The van der Waals surface area contributed by atoms with E-state index in [1.54, 1.807) is 0 Å². The Morgan fingerprint density at radius 3 is 3.05 bits per heavy atom. The molecule has 0 bridgehead atoms. The summed E-state index contributed by atoms with van der Waals surface area (Å²) < 4.78 is 0. The van der Waals surface area contributed by atoms with Crippen molar-refractivity contribution in [3.05, 3.63) is 34.9 Å². The van der Waals surface area contributed by atoms with E-state index in [2.05, 4.69) is 20.6 Å². The van der Waals surface area contributed by atoms with Crippen LogP contribution in [0.5, 0.6) is 0 Å². The number of nitrogens with one attached hydrogen (secondary N) is 2. The molecule has 2 aliphatic rings. The number of aryl methyl sites for hydroxylation is 2. The molecule has 1 aromatic heterocycles. The largest absolute Gasteiger partial charge is 0.347 e. The third-order valence-corrected chi connectivity index (χ3v) is 3.92. The van der Waals surface area contributed by atoms with Gasteiger partial charge in [-0.3, -0.25) is 10.1 Å². The molecule has 0 spiro atoms. The molecule has 0 saturated carbocycles. The van der Waals surface area contributed by atoms with Gasteiger partial charge in [-0.05, 0) is 38.2 Å². The quantitative estimate of drug-likeness (QED) is 0.799. The van der Waals surface area contributed by atoms with E-state index in [1.165, 1.54) is 24.1 Å². The van der Waals surface area contributed by atoms with Gasteiger partial charge in [0.1, 0.15) is 11.9 Å². The maximum Gasteiger partial charge on any atom is 0.241 e. The zero-order valence-electron chi connectivity index (χ0n) is 11.8. The van der Waals surface area contributed by atoms with Crippen LogP contribution >= 0.6 is 0 Å². The van der Waals surface area contributed by atoms with Gasteiger partial charge in [-0.1, -0.05) is 12.2 Å². The SMILES string of the molecule is Cc1nc(CNC(=O)[C@@H]2C=CCN2)nc2c1CCCC2. The zero-order valence-corrected chi connectivity index (χ0v) is 11.8. The highest BCUT2D eigenvalue weighted by Gasteiger charge is 2.19. The Bertz CT molecular complexity index is 553. The molecule has 1 aromatic rings. The maximum atomic E-state index is 11.9. The molecule has 20 heavy (non-hydrogen) atoms. The molecular formula is C15H20N4O. The molecule has 2 heterocycles. The molecule has 2 N–H and O–H groups in total. The number of hydrogen-bond donors (Lipinski definition) is 2. The highest BCUT2D eigenvalue weighted by Crippen LogP contribution is 2.21. The molecule has 0 fully saturated rings. The fraction of sp³-hybridized carbons (Fsp3) is 0.533. The van der Waals surface area contributed by atoms with Crippen LogP contribution in [0.1, 0.15) is 35.6 Å². The monoisotopic (exact) mass is 272 g/mol. The average Bonchev–Trinajstić information content (AvgIpc) is 2.99. The van der Waals surface area contributed by atoms with Crippen molar-refractivity contribution in [1.29, 1.82) is 0 Å². The minimum atomic E-state index is -0.214. The highest BCUT2D eigenvalue weighted by atomic mass is 16.2. The summed E-state index contributed by atoms with van der Waals surface area (Å²) in [6, 6.07) is -0.214. The number of fused-ring (bicyclic) bond motifs is 1. The van der Waals surface area contributed by atoms with Crippen LogP contribution < -0.4 is 10.6 Å². The van der Waals surface area contributed by atoms with E-state index in [4.69, 9.17) is 0 Å². The molecule has 5 heteroatoms. The van der Waals surface area contributed by atoms with Crippen LogP contribution in [0.25, 0.3) is 0 Å². The van der Waals surface area contributed by atoms with Gasteiger partial charge < -0.3 is 5.32 Å². The second-order valence-electron chi connectivity index (χ2n) is 5.39. The van der Waals surface area contributed by atoms with E-state index in [-0.39, 0.29) is 11.9 Å². The minimum Gasteiger partial charge on any atom is -0.347 e. The van der Waals surface area contributed by atoms with Crippen molar-refractivity contribution in [2.45, 2.75) is 45.2 Å². The standard InChI is InChI=1S/C15H20N4O/c1-10-11-5-2-3-6-12(11)19-14(18-10)9-17-15(20)13-7-4-8-16-13/h4,7,13,16H,2-3,5-6,8-9H2,1H3,(H,17,20)/t13-/m0/s1. The number of hydrogen-bond acceptors (Lipinski definition) is 4. The van der Waals surface area contributed by atoms with Crippen LogP contribution in [0, 0.1) is 6.92 Å². The highest BCUT2D eigenvalue weighted by molar-refractivity contribution is 5.84. The lowest BCUT2D eigenvalue weighted by atomic mass is 9.95. The van der Waals surface area contributed by atoms with E-state index >= 15 is 0 Å². The molecule has 5 nitrogen and oxygen atoms in total. The van der Waals surface area contributed by atoms with Crippen LogP contribution in [0.2, 0.25) is 0 Å². The van der Waals surface area contributed by atoms with Crippen LogP contribution in [0.3, 0.4) is 0 Å². The molecule has 1 aliphatic heterocycles. The third-order valence-electron chi connectivity index (χ3n) is 3.92. The maximum absolute atomic E-state index is 11.9. The number of carbonyl (C=O) groups is 1. The Labute approximate surface area is 118 Å². The Morgan fingerprint density at radius 1 is 1.40 bits per heavy atom. The van der Waals surface area contributed by atoms with E-state index in [0.717, 1.165) is 30.9 Å². The lowest BCUT2D eigenvalue weighted by Gasteiger charge is -2.18. The van der Waals surface area contributed by atoms with Crippen molar-refractivity contribution in [2.24, 2.45) is 0 Å². The van der Waals surface area contributed by atoms with Gasteiger partial charge in [0, 0.05) is 17.9 Å². The van der Waals surface area contributed by atoms with Crippen LogP contribution in [-0.4, -0.2) is 28.5 Å². The van der Waals surface area contributed by atoms with Gasteiger partial charge in [0.05, 0.1) is 6.54 Å². The van der Waals surface area contributed by atoms with Gasteiger partial charge in [-0.15, -0.1) is 0 Å². The normalized spacial score (nSPS) is 20.8. The number of amides is 1. The predicted octanol–water partition coefficient (Wildman–Crippen LogP) is 0.808. The lowest BCUT2D eigenvalue weighted by molar-refractivity contribution is -0.122. The van der Waals surface area contributed by atoms with Crippen molar-refractivity contribution in [3.63, 3.8) is 0 Å². The topological polar surface area (TPSA) is 66.9 Å². The smallest absolute Gasteiger partial charge is 0.241 e. The average molecular weight is 272 g/mol. The van der Waals surface area contributed by atoms with Crippen LogP contribution in [-0.2, 0) is 24.2 Å². The fourth-order valence-electron chi connectivity index (χ4n) is 2.85. The molecule has 0 saturated heterocycles. The molecule has 1 atom stereocenters. The first-order valence-corrected chi connectivity index (χ1v) is 7.27. The van der Waals surface area contributed by atoms with E-state index < -0.39 is 0 Å². The van der Waals surface area contributed by atoms with E-state index in [0.29, 0.717) is 6.54 Å². The fourth-order valence-corrected chi connectivity index (χ4v) is 2.85. The van der Waals surface area contributed by atoms with Crippen molar-refractivity contribution >= 4 is 5.91 Å². The molecule has 0 aromatic carbocycles. The Kier molecular flexibility index (Phi) is 3.78. The first-order valence-electron chi connectivity index (χ1n) is 7.27. The lowest BCUT2D eigenvalue weighted by Crippen LogP contribution is -2.40. The van der Waals surface area contributed by atoms with Crippen molar-refractivity contribution in [3.8, 4) is 0 Å². The second-order valence-corrected chi connectivity index (χ2v) is 5.39. The van der Waals surface area contributed by atoms with Crippen LogP contribution in [0.4, 0.5) is 0 Å². The van der Waals surface area contributed by atoms with Crippen LogP contribution in [0.15, 0.2) is 12.2 Å². The van der Waals surface area contributed by atoms with E-state index in [9.17, 15) is 4.79 Å². The Morgan fingerprint density at radius 2 is 2.25 bits per heavy atom. The van der Waals surface area contributed by atoms with Gasteiger partial charge in [0.25, 0.3) is 0 Å². The molecule has 0 radical (unpaired) electrons. The summed E-state index contributed by atoms with van der Waals surface area (Å²) in [7, 11) is 0. The number of rotatable bonds is 3. The summed E-state index contributed by atoms with van der Waals surface area (Å²) in [4.78, 5) is 21.0. The molecule has 106 valence electrons. The number of aromatic nitrogens is 2. The third kappa shape index (κ3) is 2.72. The minimum absolute atomic E-state index is 0.0160. The summed E-state index contributed by atoms with van der Waals surface area (Å²) in [5.41, 5.74) is 3.55. The van der Waals surface area contributed by atoms with Gasteiger partial charge in [0.15, 0.2) is 0 Å². The summed E-state index contributed by atoms with van der Waals surface area (Å²) in [5.74, 6) is 0.705. The molecule has 3 rings (SSSR count). The van der Waals surface area contributed by atoms with Gasteiger partial charge in [0.2, 0.25) is 5.91 Å². The summed E-state index contributed by atoms with van der Waals surface area (Å²) in [6.45, 7) is 3.20. The predicted molar refractivity (Wildman–Crippen MR) is 76.2 cm³/mol. The number of nitrogens with zero attached hydrogens (tertiary/aromatic N) is 2. The van der Waals surface area contributed by atoms with Gasteiger partial charge in [-0.2, -0.15) is 0 Å². The van der Waals surface area contributed by atoms with Crippen molar-refractivity contribution in [2.75, 3.05) is 6.54 Å². The van der Waals surface area contributed by atoms with Gasteiger partial charge in [-0.25, -0.2) is 9.97 Å². The molecule has 1 aliphatic carbocycles.